The zero-order chi connectivity index (χ0) is 12.3. The van der Waals surface area contributed by atoms with Crippen LogP contribution in [0.25, 0.3) is 0 Å². The van der Waals surface area contributed by atoms with Crippen LogP contribution >= 0.6 is 0 Å². The Bertz CT molecular complexity index is 403. The van der Waals surface area contributed by atoms with Crippen LogP contribution in [0.5, 0.6) is 0 Å². The van der Waals surface area contributed by atoms with Crippen LogP contribution in [0, 0.1) is 0 Å². The normalized spacial score (nSPS) is 20.4. The lowest BCUT2D eigenvalue weighted by molar-refractivity contribution is 0.0634. The van der Waals surface area contributed by atoms with Crippen molar-refractivity contribution in [1.29, 1.82) is 0 Å². The molecule has 1 unspecified atom stereocenters. The molecule has 0 saturated carbocycles. The van der Waals surface area contributed by atoms with E-state index in [0.717, 1.165) is 30.5 Å². The van der Waals surface area contributed by atoms with E-state index in [4.69, 9.17) is 5.73 Å². The van der Waals surface area contributed by atoms with Gasteiger partial charge in [0.05, 0.1) is 0 Å². The van der Waals surface area contributed by atoms with Gasteiger partial charge in [0, 0.05) is 24.7 Å². The maximum Gasteiger partial charge on any atom is 0.254 e. The van der Waals surface area contributed by atoms with Crippen molar-refractivity contribution in [3.63, 3.8) is 0 Å². The number of benzene rings is 1. The number of carbonyl (C=O) groups excluding carboxylic acids is 1. The molecule has 1 aliphatic rings. The van der Waals surface area contributed by atoms with Gasteiger partial charge in [-0.05, 0) is 37.8 Å². The van der Waals surface area contributed by atoms with Gasteiger partial charge in [-0.1, -0.05) is 18.2 Å². The van der Waals surface area contributed by atoms with E-state index >= 15 is 0 Å². The third-order valence-electron chi connectivity index (χ3n) is 3.53. The van der Waals surface area contributed by atoms with Crippen molar-refractivity contribution in [2.24, 2.45) is 5.73 Å². The number of likely N-dealkylation sites (tertiary alicyclic amines) is 1. The quantitative estimate of drug-likeness (QED) is 0.849. The van der Waals surface area contributed by atoms with Crippen LogP contribution < -0.4 is 5.73 Å². The highest BCUT2D eigenvalue weighted by Gasteiger charge is 2.25. The third-order valence-corrected chi connectivity index (χ3v) is 3.53. The second-order valence-corrected chi connectivity index (χ2v) is 4.70. The number of nitrogens with zero attached hydrogens (tertiary/aromatic N) is 1. The highest BCUT2D eigenvalue weighted by Crippen LogP contribution is 2.20. The number of rotatable bonds is 2. The molecule has 1 saturated heterocycles. The first-order valence-electron chi connectivity index (χ1n) is 6.33. The molecule has 2 N–H and O–H groups in total. The first-order chi connectivity index (χ1) is 8.24. The first kappa shape index (κ1) is 12.1. The van der Waals surface area contributed by atoms with Gasteiger partial charge in [0.2, 0.25) is 0 Å². The molecule has 2 rings (SSSR count). The highest BCUT2D eigenvalue weighted by molar-refractivity contribution is 5.96. The lowest BCUT2D eigenvalue weighted by atomic mass is 10.0. The molecule has 92 valence electrons. The summed E-state index contributed by atoms with van der Waals surface area (Å²) in [7, 11) is 0. The Morgan fingerprint density at radius 3 is 2.88 bits per heavy atom. The van der Waals surface area contributed by atoms with Crippen molar-refractivity contribution in [2.45, 2.75) is 38.8 Å². The number of hydrogen-bond donors (Lipinski definition) is 1. The molecule has 17 heavy (non-hydrogen) atoms. The SMILES string of the molecule is CC1CCCCN1C(=O)c1ccccc1CN. The summed E-state index contributed by atoms with van der Waals surface area (Å²) in [6.07, 6.45) is 3.45. The number of amides is 1. The molecule has 3 heteroatoms. The smallest absolute Gasteiger partial charge is 0.254 e. The Labute approximate surface area is 103 Å². The number of piperidine rings is 1. The maximum atomic E-state index is 12.5. The summed E-state index contributed by atoms with van der Waals surface area (Å²) in [6.45, 7) is 3.42. The van der Waals surface area contributed by atoms with Gasteiger partial charge in [-0.25, -0.2) is 0 Å². The van der Waals surface area contributed by atoms with E-state index in [1.54, 1.807) is 0 Å². The van der Waals surface area contributed by atoms with Gasteiger partial charge in [-0.2, -0.15) is 0 Å². The van der Waals surface area contributed by atoms with Crippen molar-refractivity contribution in [3.8, 4) is 0 Å². The minimum atomic E-state index is 0.137. The van der Waals surface area contributed by atoms with Crippen LogP contribution in [0.1, 0.15) is 42.1 Å². The molecule has 0 spiro atoms. The second-order valence-electron chi connectivity index (χ2n) is 4.70. The van der Waals surface area contributed by atoms with Crippen LogP contribution in [-0.4, -0.2) is 23.4 Å². The van der Waals surface area contributed by atoms with Crippen molar-refractivity contribution >= 4 is 5.91 Å². The Balaban J connectivity index is 2.23. The molecule has 1 fully saturated rings. The molecule has 1 aromatic rings. The van der Waals surface area contributed by atoms with Crippen LogP contribution in [0.3, 0.4) is 0 Å². The fourth-order valence-corrected chi connectivity index (χ4v) is 2.46. The zero-order valence-electron chi connectivity index (χ0n) is 10.4. The molecule has 3 nitrogen and oxygen atoms in total. The van der Waals surface area contributed by atoms with E-state index in [0.29, 0.717) is 12.6 Å². The van der Waals surface area contributed by atoms with E-state index in [9.17, 15) is 4.79 Å². The Kier molecular flexibility index (Phi) is 3.79. The highest BCUT2D eigenvalue weighted by atomic mass is 16.2. The van der Waals surface area contributed by atoms with Crippen LogP contribution in [0.2, 0.25) is 0 Å². The largest absolute Gasteiger partial charge is 0.336 e. The van der Waals surface area contributed by atoms with Gasteiger partial charge >= 0.3 is 0 Å². The van der Waals surface area contributed by atoms with Gasteiger partial charge in [-0.3, -0.25) is 4.79 Å². The van der Waals surface area contributed by atoms with Crippen molar-refractivity contribution in [1.82, 2.24) is 4.90 Å². The maximum absolute atomic E-state index is 12.5. The summed E-state index contributed by atoms with van der Waals surface area (Å²) in [4.78, 5) is 14.4. The molecule has 1 atom stereocenters. The first-order valence-corrected chi connectivity index (χ1v) is 6.33. The summed E-state index contributed by atoms with van der Waals surface area (Å²) in [6, 6.07) is 8.00. The Hall–Kier alpha value is -1.35. The molecule has 0 aliphatic carbocycles. The molecule has 0 bridgehead atoms. The summed E-state index contributed by atoms with van der Waals surface area (Å²) < 4.78 is 0. The topological polar surface area (TPSA) is 46.3 Å². The average Bonchev–Trinajstić information content (AvgIpc) is 2.38. The van der Waals surface area contributed by atoms with E-state index in [1.807, 2.05) is 29.2 Å². The minimum absolute atomic E-state index is 0.137. The van der Waals surface area contributed by atoms with E-state index < -0.39 is 0 Å². The molecule has 1 amide bonds. The van der Waals surface area contributed by atoms with Crippen molar-refractivity contribution < 1.29 is 4.79 Å². The van der Waals surface area contributed by atoms with Gasteiger partial charge in [0.25, 0.3) is 5.91 Å². The molecular formula is C14H20N2O. The fourth-order valence-electron chi connectivity index (χ4n) is 2.46. The molecular weight excluding hydrogens is 212 g/mol. The molecule has 0 radical (unpaired) electrons. The standard InChI is InChI=1S/C14H20N2O/c1-11-6-4-5-9-16(11)14(17)13-8-3-2-7-12(13)10-15/h2-3,7-8,11H,4-6,9-10,15H2,1H3. The average molecular weight is 232 g/mol. The number of nitrogens with two attached hydrogens (primary N) is 1. The van der Waals surface area contributed by atoms with E-state index in [2.05, 4.69) is 6.92 Å². The predicted molar refractivity (Wildman–Crippen MR) is 68.7 cm³/mol. The summed E-state index contributed by atoms with van der Waals surface area (Å²) >= 11 is 0. The van der Waals surface area contributed by atoms with Crippen molar-refractivity contribution in [3.05, 3.63) is 35.4 Å². The molecule has 1 aliphatic heterocycles. The van der Waals surface area contributed by atoms with Crippen LogP contribution in [-0.2, 0) is 6.54 Å². The van der Waals surface area contributed by atoms with Gasteiger partial charge in [-0.15, -0.1) is 0 Å². The Morgan fingerprint density at radius 1 is 1.41 bits per heavy atom. The summed E-state index contributed by atoms with van der Waals surface area (Å²) in [5.41, 5.74) is 7.39. The number of carbonyl (C=O) groups is 1. The predicted octanol–water partition coefficient (Wildman–Crippen LogP) is 2.16. The fraction of sp³-hybridized carbons (Fsp3) is 0.500. The minimum Gasteiger partial charge on any atom is -0.336 e. The van der Waals surface area contributed by atoms with E-state index in [-0.39, 0.29) is 5.91 Å². The third kappa shape index (κ3) is 2.50. The van der Waals surface area contributed by atoms with Crippen LogP contribution in [0.15, 0.2) is 24.3 Å². The van der Waals surface area contributed by atoms with Crippen LogP contribution in [0.4, 0.5) is 0 Å². The lowest BCUT2D eigenvalue weighted by Crippen LogP contribution is -2.42. The van der Waals surface area contributed by atoms with Gasteiger partial charge in [0.1, 0.15) is 0 Å². The Morgan fingerprint density at radius 2 is 2.18 bits per heavy atom. The van der Waals surface area contributed by atoms with Crippen molar-refractivity contribution in [2.75, 3.05) is 6.54 Å². The zero-order valence-corrected chi connectivity index (χ0v) is 10.4. The molecule has 0 aromatic heterocycles. The second kappa shape index (κ2) is 5.32. The van der Waals surface area contributed by atoms with Gasteiger partial charge in [0.15, 0.2) is 0 Å². The number of hydrogen-bond acceptors (Lipinski definition) is 2. The van der Waals surface area contributed by atoms with E-state index in [1.165, 1.54) is 6.42 Å². The molecule has 1 aromatic carbocycles. The lowest BCUT2D eigenvalue weighted by Gasteiger charge is -2.33. The monoisotopic (exact) mass is 232 g/mol. The summed E-state index contributed by atoms with van der Waals surface area (Å²) in [5, 5.41) is 0. The van der Waals surface area contributed by atoms with Gasteiger partial charge < -0.3 is 10.6 Å². The summed E-state index contributed by atoms with van der Waals surface area (Å²) in [5.74, 6) is 0.137. The molecule has 1 heterocycles.